The number of carbonyl (C=O) groups is 1. The fraction of sp³-hybridized carbons (Fsp3) is 0.562. The monoisotopic (exact) mass is 311 g/mol. The third-order valence-corrected chi connectivity index (χ3v) is 5.54. The summed E-state index contributed by atoms with van der Waals surface area (Å²) < 4.78 is 18.8. The van der Waals surface area contributed by atoms with Crippen molar-refractivity contribution in [1.29, 1.82) is 0 Å². The molecule has 0 aromatic heterocycles. The standard InChI is InChI=1S/C16H22FNO2S/c1-11(18-2)15-12(17)5-4-6-13(15)21-10-16(7-8-16)9-14(19)20-3/h4-6,11,18H,7-10H2,1-3H3. The van der Waals surface area contributed by atoms with E-state index in [-0.39, 0.29) is 23.2 Å². The van der Waals surface area contributed by atoms with Crippen LogP contribution in [-0.4, -0.2) is 25.9 Å². The maximum Gasteiger partial charge on any atom is 0.306 e. The summed E-state index contributed by atoms with van der Waals surface area (Å²) in [5.74, 6) is 0.491. The van der Waals surface area contributed by atoms with E-state index in [9.17, 15) is 9.18 Å². The van der Waals surface area contributed by atoms with E-state index in [2.05, 4.69) is 5.32 Å². The van der Waals surface area contributed by atoms with Crippen molar-refractivity contribution in [1.82, 2.24) is 5.32 Å². The fourth-order valence-electron chi connectivity index (χ4n) is 2.37. The van der Waals surface area contributed by atoms with Crippen molar-refractivity contribution in [3.63, 3.8) is 0 Å². The maximum absolute atomic E-state index is 14.1. The zero-order valence-electron chi connectivity index (χ0n) is 12.7. The second-order valence-corrected chi connectivity index (χ2v) is 6.72. The Hall–Kier alpha value is -1.07. The van der Waals surface area contributed by atoms with Gasteiger partial charge in [-0.2, -0.15) is 0 Å². The number of nitrogens with one attached hydrogen (secondary N) is 1. The molecule has 1 aromatic rings. The van der Waals surface area contributed by atoms with Crippen LogP contribution in [0.15, 0.2) is 23.1 Å². The van der Waals surface area contributed by atoms with E-state index in [1.165, 1.54) is 13.2 Å². The second kappa shape index (κ2) is 6.79. The van der Waals surface area contributed by atoms with Crippen molar-refractivity contribution in [3.05, 3.63) is 29.6 Å². The van der Waals surface area contributed by atoms with Gasteiger partial charge in [0.05, 0.1) is 13.5 Å². The normalized spacial score (nSPS) is 17.3. The first-order chi connectivity index (χ1) is 10.0. The highest BCUT2D eigenvalue weighted by Crippen LogP contribution is 2.52. The molecule has 1 fully saturated rings. The van der Waals surface area contributed by atoms with Gasteiger partial charge < -0.3 is 10.1 Å². The summed E-state index contributed by atoms with van der Waals surface area (Å²) in [4.78, 5) is 12.4. The number of benzene rings is 1. The molecule has 0 bridgehead atoms. The lowest BCUT2D eigenvalue weighted by molar-refractivity contribution is -0.141. The van der Waals surface area contributed by atoms with Crippen LogP contribution in [0.4, 0.5) is 4.39 Å². The number of esters is 1. The van der Waals surface area contributed by atoms with Gasteiger partial charge in [0.15, 0.2) is 0 Å². The Kier molecular flexibility index (Phi) is 5.27. The van der Waals surface area contributed by atoms with Gasteiger partial charge >= 0.3 is 5.97 Å². The number of carbonyl (C=O) groups excluding carboxylic acids is 1. The van der Waals surface area contributed by atoms with Crippen molar-refractivity contribution < 1.29 is 13.9 Å². The molecule has 0 amide bonds. The molecule has 0 heterocycles. The summed E-state index contributed by atoms with van der Waals surface area (Å²) in [7, 11) is 3.25. The lowest BCUT2D eigenvalue weighted by Crippen LogP contribution is -2.16. The molecule has 1 aromatic carbocycles. The Morgan fingerprint density at radius 2 is 2.24 bits per heavy atom. The van der Waals surface area contributed by atoms with E-state index in [1.807, 2.05) is 20.0 Å². The van der Waals surface area contributed by atoms with Crippen molar-refractivity contribution in [3.8, 4) is 0 Å². The number of thioether (sulfide) groups is 1. The van der Waals surface area contributed by atoms with Gasteiger partial charge in [0.2, 0.25) is 0 Å². The number of ether oxygens (including phenoxy) is 1. The van der Waals surface area contributed by atoms with Crippen LogP contribution in [0.3, 0.4) is 0 Å². The molecule has 1 atom stereocenters. The van der Waals surface area contributed by atoms with Crippen molar-refractivity contribution >= 4 is 17.7 Å². The summed E-state index contributed by atoms with van der Waals surface area (Å²) in [5, 5.41) is 3.09. The molecule has 0 saturated heterocycles. The summed E-state index contributed by atoms with van der Waals surface area (Å²) in [6.07, 6.45) is 2.55. The summed E-state index contributed by atoms with van der Waals surface area (Å²) >= 11 is 1.64. The molecule has 21 heavy (non-hydrogen) atoms. The number of rotatable bonds is 7. The highest BCUT2D eigenvalue weighted by Gasteiger charge is 2.44. The van der Waals surface area contributed by atoms with Crippen molar-refractivity contribution in [2.45, 2.75) is 37.1 Å². The van der Waals surface area contributed by atoms with Gasteiger partial charge in [0, 0.05) is 22.3 Å². The Morgan fingerprint density at radius 3 is 2.81 bits per heavy atom. The highest BCUT2D eigenvalue weighted by atomic mass is 32.2. The number of hydrogen-bond donors (Lipinski definition) is 1. The SMILES string of the molecule is CNC(C)c1c(F)cccc1SCC1(CC(=O)OC)CC1. The third-order valence-electron chi connectivity index (χ3n) is 4.12. The van der Waals surface area contributed by atoms with Crippen LogP contribution in [0.1, 0.15) is 37.8 Å². The Morgan fingerprint density at radius 1 is 1.52 bits per heavy atom. The molecule has 5 heteroatoms. The molecule has 3 nitrogen and oxygen atoms in total. The van der Waals surface area contributed by atoms with Crippen LogP contribution < -0.4 is 5.32 Å². The van der Waals surface area contributed by atoms with Gasteiger partial charge in [0.1, 0.15) is 5.82 Å². The molecule has 2 rings (SSSR count). The van der Waals surface area contributed by atoms with Crippen LogP contribution >= 0.6 is 11.8 Å². The zero-order chi connectivity index (χ0) is 15.5. The molecule has 1 aliphatic carbocycles. The van der Waals surface area contributed by atoms with Gasteiger partial charge in [-0.3, -0.25) is 4.79 Å². The van der Waals surface area contributed by atoms with Crippen LogP contribution in [0.5, 0.6) is 0 Å². The smallest absolute Gasteiger partial charge is 0.306 e. The number of halogens is 1. The third kappa shape index (κ3) is 3.98. The molecular weight excluding hydrogens is 289 g/mol. The van der Waals surface area contributed by atoms with Gasteiger partial charge in [0.25, 0.3) is 0 Å². The van der Waals surface area contributed by atoms with Crippen molar-refractivity contribution in [2.24, 2.45) is 5.41 Å². The Labute approximate surface area is 129 Å². The van der Waals surface area contributed by atoms with Crippen LogP contribution in [0.25, 0.3) is 0 Å². The first kappa shape index (κ1) is 16.3. The van der Waals surface area contributed by atoms with Crippen LogP contribution in [0.2, 0.25) is 0 Å². The molecule has 1 N–H and O–H groups in total. The van der Waals surface area contributed by atoms with E-state index in [4.69, 9.17) is 4.74 Å². The van der Waals surface area contributed by atoms with E-state index >= 15 is 0 Å². The predicted octanol–water partition coefficient (Wildman–Crippen LogP) is 3.54. The lowest BCUT2D eigenvalue weighted by atomic mass is 10.1. The van der Waals surface area contributed by atoms with E-state index in [0.717, 1.165) is 23.5 Å². The molecule has 1 unspecified atom stereocenters. The van der Waals surface area contributed by atoms with Crippen LogP contribution in [0, 0.1) is 11.2 Å². The summed E-state index contributed by atoms with van der Waals surface area (Å²) in [6.45, 7) is 1.95. The molecule has 116 valence electrons. The second-order valence-electron chi connectivity index (χ2n) is 5.70. The first-order valence-electron chi connectivity index (χ1n) is 7.16. The fourth-order valence-corrected chi connectivity index (χ4v) is 3.82. The average molecular weight is 311 g/mol. The number of hydrogen-bond acceptors (Lipinski definition) is 4. The maximum atomic E-state index is 14.1. The Balaban J connectivity index is 2.07. The van der Waals surface area contributed by atoms with Gasteiger partial charge in [-0.1, -0.05) is 6.07 Å². The summed E-state index contributed by atoms with van der Waals surface area (Å²) in [5.41, 5.74) is 0.753. The summed E-state index contributed by atoms with van der Waals surface area (Å²) in [6, 6.07) is 5.15. The predicted molar refractivity (Wildman–Crippen MR) is 82.9 cm³/mol. The van der Waals surface area contributed by atoms with Crippen LogP contribution in [-0.2, 0) is 9.53 Å². The minimum Gasteiger partial charge on any atom is -0.469 e. The average Bonchev–Trinajstić information content (AvgIpc) is 3.24. The molecule has 1 saturated carbocycles. The lowest BCUT2D eigenvalue weighted by Gasteiger charge is -2.18. The molecule has 0 spiro atoms. The Bertz CT molecular complexity index is 517. The number of methoxy groups -OCH3 is 1. The molecule has 1 aliphatic rings. The first-order valence-corrected chi connectivity index (χ1v) is 8.15. The quantitative estimate of drug-likeness (QED) is 0.617. The van der Waals surface area contributed by atoms with Crippen molar-refractivity contribution in [2.75, 3.05) is 19.9 Å². The van der Waals surface area contributed by atoms with E-state index in [1.54, 1.807) is 17.8 Å². The van der Waals surface area contributed by atoms with E-state index < -0.39 is 0 Å². The van der Waals surface area contributed by atoms with E-state index in [0.29, 0.717) is 12.0 Å². The van der Waals surface area contributed by atoms with Gasteiger partial charge in [-0.15, -0.1) is 11.8 Å². The molecule has 0 aliphatic heterocycles. The highest BCUT2D eigenvalue weighted by molar-refractivity contribution is 7.99. The van der Waals surface area contributed by atoms with Gasteiger partial charge in [-0.25, -0.2) is 4.39 Å². The zero-order valence-corrected chi connectivity index (χ0v) is 13.6. The molecular formula is C16H22FNO2S. The molecule has 0 radical (unpaired) electrons. The van der Waals surface area contributed by atoms with Gasteiger partial charge in [-0.05, 0) is 44.4 Å². The topological polar surface area (TPSA) is 38.3 Å². The largest absolute Gasteiger partial charge is 0.469 e. The minimum absolute atomic E-state index is 0.0375. The minimum atomic E-state index is -0.181.